The van der Waals surface area contributed by atoms with Crippen molar-refractivity contribution in [3.8, 4) is 0 Å². The lowest BCUT2D eigenvalue weighted by molar-refractivity contribution is -0.148. The van der Waals surface area contributed by atoms with Gasteiger partial charge in [-0.2, -0.15) is 0 Å². The van der Waals surface area contributed by atoms with Gasteiger partial charge in [-0.1, -0.05) is 0 Å². The smallest absolute Gasteiger partial charge is 0.323 e. The summed E-state index contributed by atoms with van der Waals surface area (Å²) in [7, 11) is 1.23. The first-order valence-electron chi connectivity index (χ1n) is 5.05. The van der Waals surface area contributed by atoms with E-state index in [-0.39, 0.29) is 6.42 Å². The first-order chi connectivity index (χ1) is 8.13. The van der Waals surface area contributed by atoms with Gasteiger partial charge in [0.05, 0.1) is 13.5 Å². The van der Waals surface area contributed by atoms with Gasteiger partial charge in [-0.05, 0) is 17.7 Å². The van der Waals surface area contributed by atoms with E-state index in [1.54, 1.807) is 24.5 Å². The molecule has 17 heavy (non-hydrogen) atoms. The summed E-state index contributed by atoms with van der Waals surface area (Å²) in [6.45, 7) is 0.384. The minimum absolute atomic E-state index is 0.308. The molecule has 0 radical (unpaired) electrons. The molecular weight excluding hydrogens is 224 g/mol. The van der Waals surface area contributed by atoms with E-state index in [4.69, 9.17) is 5.11 Å². The highest BCUT2D eigenvalue weighted by Crippen LogP contribution is 2.00. The molecule has 92 valence electrons. The Balaban J connectivity index is 2.55. The van der Waals surface area contributed by atoms with Gasteiger partial charge in [-0.15, -0.1) is 0 Å². The van der Waals surface area contributed by atoms with Gasteiger partial charge in [0.2, 0.25) is 0 Å². The number of pyridine rings is 1. The van der Waals surface area contributed by atoms with Gasteiger partial charge in [0.1, 0.15) is 6.04 Å². The van der Waals surface area contributed by atoms with Crippen molar-refractivity contribution in [1.82, 2.24) is 10.3 Å². The fraction of sp³-hybridized carbons (Fsp3) is 0.364. The minimum Gasteiger partial charge on any atom is -0.481 e. The van der Waals surface area contributed by atoms with Crippen LogP contribution in [0.3, 0.4) is 0 Å². The predicted molar refractivity (Wildman–Crippen MR) is 59.1 cm³/mol. The van der Waals surface area contributed by atoms with Crippen LogP contribution in [0.1, 0.15) is 12.0 Å². The van der Waals surface area contributed by atoms with Crippen molar-refractivity contribution in [2.24, 2.45) is 0 Å². The molecule has 0 aliphatic rings. The molecule has 1 aromatic heterocycles. The number of rotatable bonds is 6. The summed E-state index contributed by atoms with van der Waals surface area (Å²) in [5, 5.41) is 11.5. The third kappa shape index (κ3) is 4.60. The molecule has 0 spiro atoms. The van der Waals surface area contributed by atoms with Crippen LogP contribution in [0.5, 0.6) is 0 Å². The Hall–Kier alpha value is -1.95. The van der Waals surface area contributed by atoms with Crippen LogP contribution in [-0.4, -0.2) is 35.2 Å². The maximum absolute atomic E-state index is 11.3. The van der Waals surface area contributed by atoms with E-state index in [2.05, 4.69) is 15.0 Å². The number of carbonyl (C=O) groups excluding carboxylic acids is 1. The van der Waals surface area contributed by atoms with E-state index in [1.807, 2.05) is 0 Å². The van der Waals surface area contributed by atoms with Crippen molar-refractivity contribution in [2.75, 3.05) is 7.11 Å². The number of aromatic nitrogens is 1. The SMILES string of the molecule is COC(=O)C(CC(=O)O)NCc1ccncc1. The number of carboxylic acids is 1. The highest BCUT2D eigenvalue weighted by Gasteiger charge is 2.21. The van der Waals surface area contributed by atoms with Crippen LogP contribution < -0.4 is 5.32 Å². The summed E-state index contributed by atoms with van der Waals surface area (Å²) in [5.74, 6) is -1.64. The van der Waals surface area contributed by atoms with Crippen LogP contribution in [0.4, 0.5) is 0 Å². The highest BCUT2D eigenvalue weighted by molar-refractivity contribution is 5.81. The standard InChI is InChI=1S/C11H14N2O4/c1-17-11(16)9(6-10(14)15)13-7-8-2-4-12-5-3-8/h2-5,9,13H,6-7H2,1H3,(H,14,15). The molecule has 0 amide bonds. The van der Waals surface area contributed by atoms with E-state index in [1.165, 1.54) is 7.11 Å². The normalized spacial score (nSPS) is 11.8. The molecule has 1 aromatic rings. The van der Waals surface area contributed by atoms with Crippen molar-refractivity contribution < 1.29 is 19.4 Å². The number of aliphatic carboxylic acids is 1. The monoisotopic (exact) mass is 238 g/mol. The van der Waals surface area contributed by atoms with Gasteiger partial charge < -0.3 is 9.84 Å². The van der Waals surface area contributed by atoms with E-state index in [0.717, 1.165) is 5.56 Å². The van der Waals surface area contributed by atoms with Crippen LogP contribution in [0.15, 0.2) is 24.5 Å². The zero-order valence-electron chi connectivity index (χ0n) is 9.42. The Labute approximate surface area is 98.6 Å². The molecule has 0 fully saturated rings. The maximum Gasteiger partial charge on any atom is 0.323 e. The molecular formula is C11H14N2O4. The lowest BCUT2D eigenvalue weighted by atomic mass is 10.2. The van der Waals surface area contributed by atoms with Gasteiger partial charge in [0, 0.05) is 18.9 Å². The Morgan fingerprint density at radius 1 is 1.47 bits per heavy atom. The molecule has 1 unspecified atom stereocenters. The molecule has 6 nitrogen and oxygen atoms in total. The van der Waals surface area contributed by atoms with Crippen molar-refractivity contribution in [3.05, 3.63) is 30.1 Å². The number of nitrogens with zero attached hydrogens (tertiary/aromatic N) is 1. The van der Waals surface area contributed by atoms with Crippen LogP contribution in [0, 0.1) is 0 Å². The van der Waals surface area contributed by atoms with Crippen molar-refractivity contribution in [3.63, 3.8) is 0 Å². The fourth-order valence-electron chi connectivity index (χ4n) is 1.30. The van der Waals surface area contributed by atoms with Gasteiger partial charge in [-0.25, -0.2) is 0 Å². The number of hydrogen-bond donors (Lipinski definition) is 2. The zero-order valence-corrected chi connectivity index (χ0v) is 9.42. The quantitative estimate of drug-likeness (QED) is 0.688. The first-order valence-corrected chi connectivity index (χ1v) is 5.05. The first kappa shape index (κ1) is 13.1. The van der Waals surface area contributed by atoms with E-state index < -0.39 is 18.0 Å². The largest absolute Gasteiger partial charge is 0.481 e. The van der Waals surface area contributed by atoms with Gasteiger partial charge in [0.25, 0.3) is 0 Å². The second-order valence-corrected chi connectivity index (χ2v) is 3.41. The molecule has 0 aromatic carbocycles. The molecule has 0 saturated heterocycles. The molecule has 2 N–H and O–H groups in total. The molecule has 0 saturated carbocycles. The number of esters is 1. The van der Waals surface area contributed by atoms with Crippen LogP contribution >= 0.6 is 0 Å². The summed E-state index contributed by atoms with van der Waals surface area (Å²) in [6, 6.07) is 2.72. The second-order valence-electron chi connectivity index (χ2n) is 3.41. The Morgan fingerprint density at radius 3 is 2.65 bits per heavy atom. The zero-order chi connectivity index (χ0) is 12.7. The Bertz CT molecular complexity index is 380. The van der Waals surface area contributed by atoms with Gasteiger partial charge in [-0.3, -0.25) is 19.9 Å². The number of carboxylic acid groups (broad SMARTS) is 1. The molecule has 1 atom stereocenters. The molecule has 0 aliphatic carbocycles. The Morgan fingerprint density at radius 2 is 2.12 bits per heavy atom. The number of hydrogen-bond acceptors (Lipinski definition) is 5. The third-order valence-corrected chi connectivity index (χ3v) is 2.17. The van der Waals surface area contributed by atoms with Crippen molar-refractivity contribution in [1.29, 1.82) is 0 Å². The van der Waals surface area contributed by atoms with E-state index in [9.17, 15) is 9.59 Å². The summed E-state index contributed by atoms with van der Waals surface area (Å²) in [4.78, 5) is 25.8. The Kier molecular flexibility index (Phi) is 5.09. The van der Waals surface area contributed by atoms with Gasteiger partial charge >= 0.3 is 11.9 Å². The lowest BCUT2D eigenvalue weighted by Gasteiger charge is -2.14. The number of carbonyl (C=O) groups is 2. The molecule has 1 heterocycles. The summed E-state index contributed by atoms with van der Waals surface area (Å²) in [6.07, 6.45) is 2.94. The van der Waals surface area contributed by atoms with Gasteiger partial charge in [0.15, 0.2) is 0 Å². The van der Waals surface area contributed by atoms with Crippen molar-refractivity contribution >= 4 is 11.9 Å². The van der Waals surface area contributed by atoms with E-state index >= 15 is 0 Å². The maximum atomic E-state index is 11.3. The summed E-state index contributed by atoms with van der Waals surface area (Å²) >= 11 is 0. The fourth-order valence-corrected chi connectivity index (χ4v) is 1.30. The molecule has 1 rings (SSSR count). The van der Waals surface area contributed by atoms with Crippen LogP contribution in [0.2, 0.25) is 0 Å². The van der Waals surface area contributed by atoms with Crippen molar-refractivity contribution in [2.45, 2.75) is 19.0 Å². The average molecular weight is 238 g/mol. The molecule has 0 aliphatic heterocycles. The predicted octanol–water partition coefficient (Wildman–Crippen LogP) is 0.187. The third-order valence-electron chi connectivity index (χ3n) is 2.17. The highest BCUT2D eigenvalue weighted by atomic mass is 16.5. The molecule has 0 bridgehead atoms. The van der Waals surface area contributed by atoms with E-state index in [0.29, 0.717) is 6.54 Å². The van der Waals surface area contributed by atoms with Crippen LogP contribution in [-0.2, 0) is 20.9 Å². The number of ether oxygens (including phenoxy) is 1. The average Bonchev–Trinajstić information content (AvgIpc) is 2.34. The number of nitrogens with one attached hydrogen (secondary N) is 1. The topological polar surface area (TPSA) is 88.5 Å². The number of methoxy groups -OCH3 is 1. The summed E-state index contributed by atoms with van der Waals surface area (Å²) in [5.41, 5.74) is 0.916. The second kappa shape index (κ2) is 6.59. The molecule has 6 heteroatoms. The van der Waals surface area contributed by atoms with Crippen LogP contribution in [0.25, 0.3) is 0 Å². The minimum atomic E-state index is -1.05. The lowest BCUT2D eigenvalue weighted by Crippen LogP contribution is -2.39. The summed E-state index contributed by atoms with van der Waals surface area (Å²) < 4.78 is 4.52.